The van der Waals surface area contributed by atoms with E-state index >= 15 is 0 Å². The van der Waals surface area contributed by atoms with Crippen LogP contribution in [0.3, 0.4) is 0 Å². The Balaban J connectivity index is 1.49. The summed E-state index contributed by atoms with van der Waals surface area (Å²) >= 11 is 0. The quantitative estimate of drug-likeness (QED) is 0.715. The number of nitrogens with two attached hydrogens (primary N) is 1. The van der Waals surface area contributed by atoms with Crippen molar-refractivity contribution in [3.63, 3.8) is 0 Å². The number of amides is 2. The molecule has 0 heterocycles. The third kappa shape index (κ3) is 4.35. The Morgan fingerprint density at radius 2 is 1.75 bits per heavy atom. The van der Waals surface area contributed by atoms with E-state index in [1.165, 1.54) is 0 Å². The van der Waals surface area contributed by atoms with Gasteiger partial charge in [0.1, 0.15) is 0 Å². The summed E-state index contributed by atoms with van der Waals surface area (Å²) in [5, 5.41) is 6.02. The van der Waals surface area contributed by atoms with Crippen LogP contribution in [0.5, 0.6) is 0 Å². The molecule has 2 saturated carbocycles. The van der Waals surface area contributed by atoms with Gasteiger partial charge in [-0.1, -0.05) is 25.0 Å². The maximum absolute atomic E-state index is 12.3. The molecule has 5 nitrogen and oxygen atoms in total. The highest BCUT2D eigenvalue weighted by Gasteiger charge is 2.31. The van der Waals surface area contributed by atoms with Gasteiger partial charge in [0.15, 0.2) is 0 Å². The minimum Gasteiger partial charge on any atom is -0.352 e. The van der Waals surface area contributed by atoms with E-state index in [1.54, 1.807) is 0 Å². The zero-order valence-electron chi connectivity index (χ0n) is 14.1. The molecule has 0 aliphatic heterocycles. The van der Waals surface area contributed by atoms with E-state index in [0.717, 1.165) is 44.1 Å². The normalized spacial score (nSPS) is 19.0. The van der Waals surface area contributed by atoms with Crippen molar-refractivity contribution >= 4 is 11.8 Å². The highest BCUT2D eigenvalue weighted by molar-refractivity contribution is 5.94. The molecule has 1 unspecified atom stereocenters. The molecule has 2 aliphatic rings. The van der Waals surface area contributed by atoms with E-state index in [9.17, 15) is 9.59 Å². The Morgan fingerprint density at radius 1 is 1.08 bits per heavy atom. The van der Waals surface area contributed by atoms with Gasteiger partial charge in [-0.3, -0.25) is 9.59 Å². The smallest absolute Gasteiger partial charge is 0.251 e. The maximum Gasteiger partial charge on any atom is 0.251 e. The summed E-state index contributed by atoms with van der Waals surface area (Å²) in [4.78, 5) is 24.3. The summed E-state index contributed by atoms with van der Waals surface area (Å²) in [5.74, 6) is 0.818. The van der Waals surface area contributed by atoms with E-state index in [0.29, 0.717) is 24.6 Å². The average Bonchev–Trinajstić information content (AvgIpc) is 3.30. The highest BCUT2D eigenvalue weighted by Crippen LogP contribution is 2.32. The molecule has 5 heteroatoms. The molecule has 2 amide bonds. The lowest BCUT2D eigenvalue weighted by Crippen LogP contribution is -2.41. The zero-order chi connectivity index (χ0) is 16.9. The van der Waals surface area contributed by atoms with Crippen LogP contribution in [0, 0.1) is 11.8 Å². The topological polar surface area (TPSA) is 84.2 Å². The van der Waals surface area contributed by atoms with Crippen LogP contribution in [0.15, 0.2) is 24.3 Å². The molecule has 4 N–H and O–H groups in total. The molecular weight excluding hydrogens is 302 g/mol. The lowest BCUT2D eigenvalue weighted by atomic mass is 10.1. The van der Waals surface area contributed by atoms with Gasteiger partial charge >= 0.3 is 0 Å². The summed E-state index contributed by atoms with van der Waals surface area (Å²) < 4.78 is 0. The molecule has 0 saturated heterocycles. The molecule has 0 spiro atoms. The Bertz CT molecular complexity index is 575. The molecule has 0 bridgehead atoms. The summed E-state index contributed by atoms with van der Waals surface area (Å²) in [6.45, 7) is 1.01. The van der Waals surface area contributed by atoms with Gasteiger partial charge in [-0.2, -0.15) is 0 Å². The summed E-state index contributed by atoms with van der Waals surface area (Å²) in [6.07, 6.45) is 6.64. The Hall–Kier alpha value is -1.88. The van der Waals surface area contributed by atoms with Crippen molar-refractivity contribution in [2.45, 2.75) is 51.1 Å². The largest absolute Gasteiger partial charge is 0.352 e. The first-order valence-corrected chi connectivity index (χ1v) is 9.05. The van der Waals surface area contributed by atoms with Gasteiger partial charge < -0.3 is 16.4 Å². The summed E-state index contributed by atoms with van der Waals surface area (Å²) in [7, 11) is 0. The van der Waals surface area contributed by atoms with Gasteiger partial charge in [0.25, 0.3) is 5.91 Å². The molecule has 0 aromatic heterocycles. The van der Waals surface area contributed by atoms with Crippen molar-refractivity contribution in [3.05, 3.63) is 35.4 Å². The van der Waals surface area contributed by atoms with E-state index in [1.807, 2.05) is 24.3 Å². The molecule has 130 valence electrons. The number of benzene rings is 1. The first-order chi connectivity index (χ1) is 11.7. The molecule has 1 atom stereocenters. The fraction of sp³-hybridized carbons (Fsp3) is 0.579. The number of hydrogen-bond donors (Lipinski definition) is 3. The van der Waals surface area contributed by atoms with E-state index in [4.69, 9.17) is 5.73 Å². The fourth-order valence-electron chi connectivity index (χ4n) is 3.42. The molecule has 3 rings (SSSR count). The van der Waals surface area contributed by atoms with Crippen LogP contribution < -0.4 is 16.4 Å². The van der Waals surface area contributed by atoms with Crippen LogP contribution in [0.4, 0.5) is 0 Å². The van der Waals surface area contributed by atoms with Crippen molar-refractivity contribution in [2.24, 2.45) is 17.6 Å². The van der Waals surface area contributed by atoms with Gasteiger partial charge in [-0.05, 0) is 49.3 Å². The molecule has 24 heavy (non-hydrogen) atoms. The van der Waals surface area contributed by atoms with Crippen molar-refractivity contribution in [1.29, 1.82) is 0 Å². The second-order valence-corrected chi connectivity index (χ2v) is 7.05. The zero-order valence-corrected chi connectivity index (χ0v) is 14.1. The number of nitrogens with one attached hydrogen (secondary N) is 2. The molecule has 2 fully saturated rings. The highest BCUT2D eigenvalue weighted by atomic mass is 16.2. The standard InChI is InChI=1S/C19H27N3O2/c20-11-17(14-9-10-14)22-19(24)16-7-5-13(6-8-16)12-21-18(23)15-3-1-2-4-15/h5-8,14-15,17H,1-4,9-12,20H2,(H,21,23)(H,22,24). The molecular formula is C19H27N3O2. The van der Waals surface area contributed by atoms with Crippen molar-refractivity contribution in [2.75, 3.05) is 6.54 Å². The Morgan fingerprint density at radius 3 is 2.33 bits per heavy atom. The van der Waals surface area contributed by atoms with Crippen LogP contribution in [0.1, 0.15) is 54.4 Å². The molecule has 1 aromatic carbocycles. The lowest BCUT2D eigenvalue weighted by molar-refractivity contribution is -0.124. The van der Waals surface area contributed by atoms with Crippen LogP contribution in [-0.2, 0) is 11.3 Å². The van der Waals surface area contributed by atoms with Gasteiger partial charge in [0.2, 0.25) is 5.91 Å². The van der Waals surface area contributed by atoms with Crippen molar-refractivity contribution < 1.29 is 9.59 Å². The SMILES string of the molecule is NCC(NC(=O)c1ccc(CNC(=O)C2CCCC2)cc1)C1CC1. The average molecular weight is 329 g/mol. The van der Waals surface area contributed by atoms with Gasteiger partial charge in [0.05, 0.1) is 0 Å². The molecule has 2 aliphatic carbocycles. The third-order valence-corrected chi connectivity index (χ3v) is 5.17. The summed E-state index contributed by atoms with van der Waals surface area (Å²) in [5.41, 5.74) is 7.38. The van der Waals surface area contributed by atoms with Crippen LogP contribution in [0.25, 0.3) is 0 Å². The van der Waals surface area contributed by atoms with E-state index in [2.05, 4.69) is 10.6 Å². The number of rotatable bonds is 7. The van der Waals surface area contributed by atoms with Crippen LogP contribution >= 0.6 is 0 Å². The first-order valence-electron chi connectivity index (χ1n) is 9.05. The molecule has 1 aromatic rings. The van der Waals surface area contributed by atoms with Crippen molar-refractivity contribution in [3.8, 4) is 0 Å². The Labute approximate surface area is 143 Å². The van der Waals surface area contributed by atoms with Gasteiger partial charge in [-0.25, -0.2) is 0 Å². The first kappa shape index (κ1) is 17.0. The van der Waals surface area contributed by atoms with E-state index < -0.39 is 0 Å². The monoisotopic (exact) mass is 329 g/mol. The second kappa shape index (κ2) is 7.79. The third-order valence-electron chi connectivity index (χ3n) is 5.17. The van der Waals surface area contributed by atoms with Crippen molar-refractivity contribution in [1.82, 2.24) is 10.6 Å². The minimum absolute atomic E-state index is 0.0705. The number of carbonyl (C=O) groups is 2. The predicted octanol–water partition coefficient (Wildman–Crippen LogP) is 1.96. The minimum atomic E-state index is -0.0705. The number of carbonyl (C=O) groups excluding carboxylic acids is 2. The second-order valence-electron chi connectivity index (χ2n) is 7.05. The van der Waals surface area contributed by atoms with E-state index in [-0.39, 0.29) is 23.8 Å². The van der Waals surface area contributed by atoms with Gasteiger partial charge in [-0.15, -0.1) is 0 Å². The fourth-order valence-corrected chi connectivity index (χ4v) is 3.42. The predicted molar refractivity (Wildman–Crippen MR) is 93.3 cm³/mol. The van der Waals surface area contributed by atoms with Crippen LogP contribution in [0.2, 0.25) is 0 Å². The lowest BCUT2D eigenvalue weighted by Gasteiger charge is -2.16. The summed E-state index contributed by atoms with van der Waals surface area (Å²) in [6, 6.07) is 7.51. The Kier molecular flexibility index (Phi) is 5.51. The van der Waals surface area contributed by atoms with Crippen LogP contribution in [-0.4, -0.2) is 24.4 Å². The number of hydrogen-bond acceptors (Lipinski definition) is 3. The molecule has 0 radical (unpaired) electrons. The maximum atomic E-state index is 12.3. The van der Waals surface area contributed by atoms with Gasteiger partial charge in [0, 0.05) is 30.6 Å².